The molecule has 1 aromatic carbocycles. The normalized spacial score (nSPS) is 12.0. The minimum Gasteiger partial charge on any atom is -0.513 e. The monoisotopic (exact) mass is 459 g/mol. The zero-order valence-electron chi connectivity index (χ0n) is 19.2. The van der Waals surface area contributed by atoms with Crippen LogP contribution in [0.1, 0.15) is 45.6 Å². The van der Waals surface area contributed by atoms with E-state index in [2.05, 4.69) is 24.7 Å². The Bertz CT molecular complexity index is 815. The van der Waals surface area contributed by atoms with E-state index in [-0.39, 0.29) is 29.8 Å². The zero-order chi connectivity index (χ0) is 24.4. The first-order chi connectivity index (χ1) is 15.2. The van der Waals surface area contributed by atoms with Crippen LogP contribution in [0.4, 0.5) is 0 Å². The molecule has 174 valence electrons. The summed E-state index contributed by atoms with van der Waals surface area (Å²) in [6.07, 6.45) is 13.2. The first-order valence-corrected chi connectivity index (χ1v) is 10.9. The molecule has 0 aromatic heterocycles. The van der Waals surface area contributed by atoms with E-state index in [0.29, 0.717) is 12.3 Å². The van der Waals surface area contributed by atoms with Gasteiger partial charge < -0.3 is 15.2 Å². The summed E-state index contributed by atoms with van der Waals surface area (Å²) < 4.78 is 4.92. The van der Waals surface area contributed by atoms with Gasteiger partial charge in [0.25, 0.3) is 0 Å². The summed E-state index contributed by atoms with van der Waals surface area (Å²) >= 11 is 5.81. The van der Waals surface area contributed by atoms with Gasteiger partial charge in [-0.2, -0.15) is 0 Å². The third-order valence-electron chi connectivity index (χ3n) is 4.16. The van der Waals surface area contributed by atoms with Gasteiger partial charge in [0.2, 0.25) is 5.91 Å². The number of aliphatic hydroxyl groups is 1. The van der Waals surface area contributed by atoms with Crippen LogP contribution in [0.2, 0.25) is 5.02 Å². The molecule has 1 atom stereocenters. The van der Waals surface area contributed by atoms with Crippen molar-refractivity contribution >= 4 is 23.3 Å². The van der Waals surface area contributed by atoms with Gasteiger partial charge in [-0.1, -0.05) is 36.7 Å². The molecule has 0 aliphatic heterocycles. The summed E-state index contributed by atoms with van der Waals surface area (Å²) in [5.41, 5.74) is 1.14. The molecule has 1 rings (SSSR count). The van der Waals surface area contributed by atoms with E-state index in [4.69, 9.17) is 27.9 Å². The Morgan fingerprint density at radius 2 is 1.94 bits per heavy atom. The van der Waals surface area contributed by atoms with Crippen LogP contribution < -0.4 is 5.32 Å². The fourth-order valence-corrected chi connectivity index (χ4v) is 2.41. The summed E-state index contributed by atoms with van der Waals surface area (Å²) in [5, 5.41) is 12.5. The van der Waals surface area contributed by atoms with Crippen LogP contribution in [0, 0.1) is 18.3 Å². The van der Waals surface area contributed by atoms with Gasteiger partial charge in [-0.05, 0) is 74.8 Å². The highest BCUT2D eigenvalue weighted by atomic mass is 35.5. The predicted octanol–water partition coefficient (Wildman–Crippen LogP) is 5.56. The number of ketones is 1. The lowest BCUT2D eigenvalue weighted by Gasteiger charge is -2.07. The molecule has 0 bridgehead atoms. The van der Waals surface area contributed by atoms with E-state index in [1.807, 2.05) is 30.3 Å². The third-order valence-corrected chi connectivity index (χ3v) is 4.42. The number of hydrogen-bond acceptors (Lipinski definition) is 4. The Morgan fingerprint density at radius 3 is 2.47 bits per heavy atom. The highest BCUT2D eigenvalue weighted by molar-refractivity contribution is 6.30. The minimum absolute atomic E-state index is 0.0473. The fraction of sp³-hybridized carbons (Fsp3) is 0.385. The number of benzene rings is 1. The average Bonchev–Trinajstić information content (AvgIpc) is 2.76. The van der Waals surface area contributed by atoms with Crippen molar-refractivity contribution < 1.29 is 19.4 Å². The van der Waals surface area contributed by atoms with Crippen molar-refractivity contribution in [2.45, 2.75) is 46.5 Å². The Kier molecular flexibility index (Phi) is 16.0. The van der Waals surface area contributed by atoms with Crippen molar-refractivity contribution in [3.63, 3.8) is 0 Å². The molecular formula is C26H34ClNO4. The van der Waals surface area contributed by atoms with E-state index in [9.17, 15) is 9.59 Å². The van der Waals surface area contributed by atoms with Crippen molar-refractivity contribution in [3.05, 3.63) is 71.2 Å². The summed E-state index contributed by atoms with van der Waals surface area (Å²) in [5.74, 6) is 3.12. The Labute approximate surface area is 197 Å². The molecule has 32 heavy (non-hydrogen) atoms. The van der Waals surface area contributed by atoms with Crippen molar-refractivity contribution in [2.24, 2.45) is 5.92 Å². The molecule has 0 radical (unpaired) electrons. The van der Waals surface area contributed by atoms with Crippen LogP contribution in [0.5, 0.6) is 0 Å². The van der Waals surface area contributed by atoms with Gasteiger partial charge in [0.15, 0.2) is 11.5 Å². The number of amides is 1. The first kappa shape index (κ1) is 29.0. The number of halogens is 1. The smallest absolute Gasteiger partial charge is 0.220 e. The topological polar surface area (TPSA) is 75.6 Å². The number of nitrogens with one attached hydrogen (secondary N) is 1. The van der Waals surface area contributed by atoms with E-state index < -0.39 is 0 Å². The number of hydrogen-bond donors (Lipinski definition) is 2. The standard InChI is InChI=1S/C16H22ClNO.C10H12O3/c1-3-13(2)5-4-12-18-16(19)11-8-14-6-9-15(17)10-7-14;1-4-10(6-5-8(2)11)13-7-9(3)12/h3,6-7,9-10,13H,1,4-5,8,11-12H2,2H3,(H,18,19);1,5-6,11H,7H2,2-3H3/b;8-5+,10-6+/t13-;/m1./s1. The first-order valence-electron chi connectivity index (χ1n) is 10.5. The van der Waals surface area contributed by atoms with Crippen molar-refractivity contribution in [2.75, 3.05) is 13.2 Å². The van der Waals surface area contributed by atoms with Gasteiger partial charge >= 0.3 is 0 Å². The number of terminal acetylenes is 1. The van der Waals surface area contributed by atoms with E-state index in [0.717, 1.165) is 36.4 Å². The molecule has 5 nitrogen and oxygen atoms in total. The van der Waals surface area contributed by atoms with Gasteiger partial charge in [-0.15, -0.1) is 13.0 Å². The SMILES string of the molecule is C#C/C(=C\C=C(/C)O)OCC(C)=O.C=C[C@@H](C)CCCNC(=O)CCc1ccc(Cl)cc1. The van der Waals surface area contributed by atoms with E-state index >= 15 is 0 Å². The molecule has 0 spiro atoms. The molecule has 0 fully saturated rings. The minimum atomic E-state index is -0.106. The van der Waals surface area contributed by atoms with Crippen LogP contribution >= 0.6 is 11.6 Å². The van der Waals surface area contributed by atoms with Gasteiger partial charge in [0.05, 0.1) is 5.76 Å². The summed E-state index contributed by atoms with van der Waals surface area (Å²) in [4.78, 5) is 22.2. The van der Waals surface area contributed by atoms with Crippen LogP contribution in [0.3, 0.4) is 0 Å². The molecule has 0 aliphatic carbocycles. The Hall–Kier alpha value is -2.97. The highest BCUT2D eigenvalue weighted by Gasteiger charge is 2.02. The van der Waals surface area contributed by atoms with Crippen molar-refractivity contribution in [3.8, 4) is 12.3 Å². The molecular weight excluding hydrogens is 426 g/mol. The molecule has 0 unspecified atom stereocenters. The lowest BCUT2D eigenvalue weighted by molar-refractivity contribution is -0.121. The van der Waals surface area contributed by atoms with Gasteiger partial charge in [0, 0.05) is 18.0 Å². The van der Waals surface area contributed by atoms with Crippen LogP contribution in [0.15, 0.2) is 60.6 Å². The second kappa shape index (κ2) is 17.7. The van der Waals surface area contributed by atoms with Crippen molar-refractivity contribution in [1.82, 2.24) is 5.32 Å². The largest absolute Gasteiger partial charge is 0.513 e. The molecule has 6 heteroatoms. The fourth-order valence-electron chi connectivity index (χ4n) is 2.28. The Balaban J connectivity index is 0.000000649. The van der Waals surface area contributed by atoms with E-state index in [1.54, 1.807) is 0 Å². The highest BCUT2D eigenvalue weighted by Crippen LogP contribution is 2.11. The van der Waals surface area contributed by atoms with Gasteiger partial charge in [0.1, 0.15) is 6.61 Å². The molecule has 1 aromatic rings. The van der Waals surface area contributed by atoms with Crippen LogP contribution in [-0.2, 0) is 20.7 Å². The lowest BCUT2D eigenvalue weighted by Crippen LogP contribution is -2.24. The number of rotatable bonds is 12. The summed E-state index contributed by atoms with van der Waals surface area (Å²) in [7, 11) is 0. The van der Waals surface area contributed by atoms with Gasteiger partial charge in [-0.3, -0.25) is 9.59 Å². The third kappa shape index (κ3) is 16.8. The quantitative estimate of drug-likeness (QED) is 0.141. The van der Waals surface area contributed by atoms with Crippen LogP contribution in [0.25, 0.3) is 0 Å². The molecule has 0 heterocycles. The molecule has 0 saturated heterocycles. The molecule has 2 N–H and O–H groups in total. The molecule has 1 amide bonds. The molecule has 0 saturated carbocycles. The average molecular weight is 460 g/mol. The maximum Gasteiger partial charge on any atom is 0.220 e. The number of aliphatic hydroxyl groups excluding tert-OH is 1. The molecule has 0 aliphatic rings. The predicted molar refractivity (Wildman–Crippen MR) is 131 cm³/mol. The number of aryl methyl sites for hydroxylation is 1. The second-order valence-corrected chi connectivity index (χ2v) is 7.74. The second-order valence-electron chi connectivity index (χ2n) is 7.31. The number of allylic oxidation sites excluding steroid dienone is 5. The zero-order valence-corrected chi connectivity index (χ0v) is 20.0. The van der Waals surface area contributed by atoms with Gasteiger partial charge in [-0.25, -0.2) is 0 Å². The lowest BCUT2D eigenvalue weighted by atomic mass is 10.1. The number of Topliss-reactive ketones (excluding diaryl/α,β-unsaturated/α-hetero) is 1. The van der Waals surface area contributed by atoms with Crippen LogP contribution in [-0.4, -0.2) is 29.9 Å². The summed E-state index contributed by atoms with van der Waals surface area (Å²) in [6.45, 7) is 9.50. The number of carbonyl (C=O) groups is 2. The summed E-state index contributed by atoms with van der Waals surface area (Å²) in [6, 6.07) is 7.62. The maximum absolute atomic E-state index is 11.6. The number of ether oxygens (including phenoxy) is 1. The number of carbonyl (C=O) groups excluding carboxylic acids is 2. The van der Waals surface area contributed by atoms with Crippen molar-refractivity contribution in [1.29, 1.82) is 0 Å². The Morgan fingerprint density at radius 1 is 1.28 bits per heavy atom. The maximum atomic E-state index is 11.6. The van der Waals surface area contributed by atoms with E-state index in [1.165, 1.54) is 26.0 Å².